The third-order valence-corrected chi connectivity index (χ3v) is 4.15. The molecule has 0 spiro atoms. The second kappa shape index (κ2) is 7.21. The Hall–Kier alpha value is -2.76. The van der Waals surface area contributed by atoms with Crippen molar-refractivity contribution in [3.63, 3.8) is 0 Å². The summed E-state index contributed by atoms with van der Waals surface area (Å²) in [6, 6.07) is 8.86. The Morgan fingerprint density at radius 2 is 2.17 bits per heavy atom. The highest BCUT2D eigenvalue weighted by atomic mass is 16.2. The topological polar surface area (TPSA) is 75.2 Å². The van der Waals surface area contributed by atoms with Crippen molar-refractivity contribution in [3.8, 4) is 11.3 Å². The van der Waals surface area contributed by atoms with E-state index in [1.807, 2.05) is 31.2 Å². The van der Waals surface area contributed by atoms with Crippen LogP contribution in [0.2, 0.25) is 0 Å². The zero-order valence-electron chi connectivity index (χ0n) is 13.6. The van der Waals surface area contributed by atoms with E-state index in [1.54, 1.807) is 23.4 Å². The van der Waals surface area contributed by atoms with Crippen LogP contribution in [0.1, 0.15) is 26.2 Å². The minimum atomic E-state index is -0.433. The maximum atomic E-state index is 12.5. The predicted octanol–water partition coefficient (Wildman–Crippen LogP) is 2.48. The van der Waals surface area contributed by atoms with Crippen LogP contribution in [-0.2, 0) is 9.59 Å². The van der Waals surface area contributed by atoms with E-state index in [-0.39, 0.29) is 11.8 Å². The number of likely N-dealkylation sites (tertiary alicyclic amines) is 1. The molecular formula is C18H20N4O2. The van der Waals surface area contributed by atoms with Gasteiger partial charge in [-0.2, -0.15) is 0 Å². The summed E-state index contributed by atoms with van der Waals surface area (Å²) in [4.78, 5) is 34.5. The molecule has 1 aliphatic rings. The molecule has 2 amide bonds. The molecule has 0 aliphatic carbocycles. The second-order valence-corrected chi connectivity index (χ2v) is 5.75. The molecule has 6 heteroatoms. The average molecular weight is 324 g/mol. The van der Waals surface area contributed by atoms with Gasteiger partial charge in [0.15, 0.2) is 0 Å². The summed E-state index contributed by atoms with van der Waals surface area (Å²) in [5.41, 5.74) is 1.72. The van der Waals surface area contributed by atoms with E-state index in [4.69, 9.17) is 0 Å². The monoisotopic (exact) mass is 324 g/mol. The quantitative estimate of drug-likeness (QED) is 0.917. The Morgan fingerprint density at radius 1 is 1.29 bits per heavy atom. The van der Waals surface area contributed by atoms with Crippen LogP contribution >= 0.6 is 0 Å². The number of rotatable bonds is 5. The Kier molecular flexibility index (Phi) is 4.84. The van der Waals surface area contributed by atoms with Gasteiger partial charge in [-0.15, -0.1) is 0 Å². The first kappa shape index (κ1) is 16.1. The van der Waals surface area contributed by atoms with Crippen LogP contribution < -0.4 is 5.32 Å². The van der Waals surface area contributed by atoms with Crippen LogP contribution in [0.5, 0.6) is 0 Å². The molecule has 1 aliphatic heterocycles. The fourth-order valence-electron chi connectivity index (χ4n) is 2.91. The standard InChI is InChI=1S/C18H20N4O2/c1-2-15(22-11-5-7-17(22)23)18(24)21-16-9-8-13(12-20-16)14-6-3-4-10-19-14/h3-4,6,8-10,12,15H,2,5,7,11H2,1H3,(H,20,21,24). The number of anilines is 1. The molecule has 124 valence electrons. The number of nitrogens with zero attached hydrogens (tertiary/aromatic N) is 3. The van der Waals surface area contributed by atoms with Gasteiger partial charge in [0.05, 0.1) is 5.69 Å². The first-order chi connectivity index (χ1) is 11.7. The highest BCUT2D eigenvalue weighted by Crippen LogP contribution is 2.19. The second-order valence-electron chi connectivity index (χ2n) is 5.75. The first-order valence-corrected chi connectivity index (χ1v) is 8.17. The highest BCUT2D eigenvalue weighted by Gasteiger charge is 2.31. The number of carbonyl (C=O) groups excluding carboxylic acids is 2. The van der Waals surface area contributed by atoms with Crippen LogP contribution in [0.3, 0.4) is 0 Å². The molecule has 1 atom stereocenters. The van der Waals surface area contributed by atoms with Crippen LogP contribution in [0.15, 0.2) is 42.7 Å². The zero-order chi connectivity index (χ0) is 16.9. The lowest BCUT2D eigenvalue weighted by Gasteiger charge is -2.25. The van der Waals surface area contributed by atoms with E-state index >= 15 is 0 Å². The maximum absolute atomic E-state index is 12.5. The average Bonchev–Trinajstić information content (AvgIpc) is 3.03. The van der Waals surface area contributed by atoms with Crippen molar-refractivity contribution in [3.05, 3.63) is 42.7 Å². The van der Waals surface area contributed by atoms with Crippen molar-refractivity contribution in [1.82, 2.24) is 14.9 Å². The van der Waals surface area contributed by atoms with E-state index in [1.165, 1.54) is 0 Å². The predicted molar refractivity (Wildman–Crippen MR) is 91.1 cm³/mol. The molecule has 1 unspecified atom stereocenters. The van der Waals surface area contributed by atoms with Crippen molar-refractivity contribution >= 4 is 17.6 Å². The molecule has 0 aromatic carbocycles. The lowest BCUT2D eigenvalue weighted by atomic mass is 10.1. The SMILES string of the molecule is CCC(C(=O)Nc1ccc(-c2ccccn2)cn1)N1CCCC1=O. The van der Waals surface area contributed by atoms with Crippen molar-refractivity contribution in [2.45, 2.75) is 32.2 Å². The molecule has 0 bridgehead atoms. The van der Waals surface area contributed by atoms with Gasteiger partial charge in [0.25, 0.3) is 0 Å². The van der Waals surface area contributed by atoms with E-state index < -0.39 is 6.04 Å². The Labute approximate surface area is 140 Å². The van der Waals surface area contributed by atoms with E-state index in [0.29, 0.717) is 25.2 Å². The highest BCUT2D eigenvalue weighted by molar-refractivity contribution is 5.97. The fraction of sp³-hybridized carbons (Fsp3) is 0.333. The molecule has 2 aromatic heterocycles. The number of hydrogen-bond acceptors (Lipinski definition) is 4. The van der Waals surface area contributed by atoms with Gasteiger partial charge >= 0.3 is 0 Å². The molecule has 3 heterocycles. The van der Waals surface area contributed by atoms with Gasteiger partial charge in [0, 0.05) is 30.9 Å². The Bertz CT molecular complexity index is 716. The lowest BCUT2D eigenvalue weighted by molar-refractivity contribution is -0.135. The van der Waals surface area contributed by atoms with Gasteiger partial charge < -0.3 is 10.2 Å². The van der Waals surface area contributed by atoms with Gasteiger partial charge in [0.1, 0.15) is 11.9 Å². The van der Waals surface area contributed by atoms with Crippen LogP contribution in [-0.4, -0.2) is 39.3 Å². The van der Waals surface area contributed by atoms with E-state index in [0.717, 1.165) is 17.7 Å². The molecule has 24 heavy (non-hydrogen) atoms. The lowest BCUT2D eigenvalue weighted by Crippen LogP contribution is -2.44. The number of aromatic nitrogens is 2. The Balaban J connectivity index is 1.69. The number of amides is 2. The van der Waals surface area contributed by atoms with Gasteiger partial charge in [-0.25, -0.2) is 4.98 Å². The van der Waals surface area contributed by atoms with E-state index in [2.05, 4.69) is 15.3 Å². The largest absolute Gasteiger partial charge is 0.331 e. The summed E-state index contributed by atoms with van der Waals surface area (Å²) in [5.74, 6) is 0.339. The molecular weight excluding hydrogens is 304 g/mol. The van der Waals surface area contributed by atoms with E-state index in [9.17, 15) is 9.59 Å². The van der Waals surface area contributed by atoms with Crippen molar-refractivity contribution < 1.29 is 9.59 Å². The van der Waals surface area contributed by atoms with Crippen LogP contribution in [0.25, 0.3) is 11.3 Å². The number of nitrogens with one attached hydrogen (secondary N) is 1. The van der Waals surface area contributed by atoms with Gasteiger partial charge in [-0.3, -0.25) is 14.6 Å². The molecule has 1 saturated heterocycles. The van der Waals surface area contributed by atoms with Gasteiger partial charge in [0.2, 0.25) is 11.8 Å². The Morgan fingerprint density at radius 3 is 2.75 bits per heavy atom. The smallest absolute Gasteiger partial charge is 0.248 e. The molecule has 1 fully saturated rings. The maximum Gasteiger partial charge on any atom is 0.248 e. The molecule has 3 rings (SSSR count). The summed E-state index contributed by atoms with van der Waals surface area (Å²) in [7, 11) is 0. The van der Waals surface area contributed by atoms with Crippen LogP contribution in [0, 0.1) is 0 Å². The fourth-order valence-corrected chi connectivity index (χ4v) is 2.91. The summed E-state index contributed by atoms with van der Waals surface area (Å²) in [6.07, 6.45) is 5.34. The van der Waals surface area contributed by atoms with Crippen molar-refractivity contribution in [2.24, 2.45) is 0 Å². The molecule has 0 radical (unpaired) electrons. The summed E-state index contributed by atoms with van der Waals surface area (Å²) < 4.78 is 0. The third kappa shape index (κ3) is 3.42. The first-order valence-electron chi connectivity index (χ1n) is 8.17. The summed E-state index contributed by atoms with van der Waals surface area (Å²) in [5, 5.41) is 2.80. The van der Waals surface area contributed by atoms with Crippen LogP contribution in [0.4, 0.5) is 5.82 Å². The van der Waals surface area contributed by atoms with Crippen molar-refractivity contribution in [2.75, 3.05) is 11.9 Å². The summed E-state index contributed by atoms with van der Waals surface area (Å²) >= 11 is 0. The third-order valence-electron chi connectivity index (χ3n) is 4.15. The molecule has 1 N–H and O–H groups in total. The minimum absolute atomic E-state index is 0.0514. The molecule has 0 saturated carbocycles. The number of hydrogen-bond donors (Lipinski definition) is 1. The van der Waals surface area contributed by atoms with Gasteiger partial charge in [-0.1, -0.05) is 13.0 Å². The normalized spacial score (nSPS) is 15.4. The minimum Gasteiger partial charge on any atom is -0.331 e. The zero-order valence-corrected chi connectivity index (χ0v) is 13.6. The van der Waals surface area contributed by atoms with Gasteiger partial charge in [-0.05, 0) is 37.1 Å². The number of carbonyl (C=O) groups is 2. The molecule has 6 nitrogen and oxygen atoms in total. The number of pyridine rings is 2. The molecule has 2 aromatic rings. The van der Waals surface area contributed by atoms with Crippen molar-refractivity contribution in [1.29, 1.82) is 0 Å². The summed E-state index contributed by atoms with van der Waals surface area (Å²) in [6.45, 7) is 2.56.